The van der Waals surface area contributed by atoms with Crippen LogP contribution in [0.15, 0.2) is 54.6 Å². The van der Waals surface area contributed by atoms with Gasteiger partial charge >= 0.3 is 0 Å². The fourth-order valence-electron chi connectivity index (χ4n) is 2.73. The van der Waals surface area contributed by atoms with Gasteiger partial charge in [-0.25, -0.2) is 0 Å². The van der Waals surface area contributed by atoms with Crippen molar-refractivity contribution < 1.29 is 14.7 Å². The molecule has 0 aromatic heterocycles. The van der Waals surface area contributed by atoms with Crippen molar-refractivity contribution in [3.63, 3.8) is 0 Å². The first-order chi connectivity index (χ1) is 13.7. The fourth-order valence-corrected chi connectivity index (χ4v) is 3.29. The molecule has 0 spiro atoms. The van der Waals surface area contributed by atoms with Gasteiger partial charge in [-0.05, 0) is 36.1 Å². The van der Waals surface area contributed by atoms with Gasteiger partial charge in [0.05, 0.1) is 12.4 Å². The molecule has 0 bridgehead atoms. The van der Waals surface area contributed by atoms with Crippen molar-refractivity contribution in [1.82, 2.24) is 5.32 Å². The van der Waals surface area contributed by atoms with Crippen molar-refractivity contribution in [1.29, 1.82) is 0 Å². The van der Waals surface area contributed by atoms with Crippen LogP contribution in [0.2, 0.25) is 0 Å². The number of hydrogen-bond donors (Lipinski definition) is 3. The lowest BCUT2D eigenvalue weighted by Crippen LogP contribution is -2.26. The largest absolute Gasteiger partial charge is 0.396 e. The summed E-state index contributed by atoms with van der Waals surface area (Å²) in [6, 6.07) is 17.9. The van der Waals surface area contributed by atoms with Gasteiger partial charge in [0.1, 0.15) is 0 Å². The second kappa shape index (κ2) is 13.0. The molecule has 28 heavy (non-hydrogen) atoms. The van der Waals surface area contributed by atoms with Crippen molar-refractivity contribution >= 4 is 29.3 Å². The Morgan fingerprint density at radius 3 is 2.46 bits per heavy atom. The molecule has 0 radical (unpaired) electrons. The van der Waals surface area contributed by atoms with Crippen LogP contribution in [0.25, 0.3) is 11.1 Å². The zero-order valence-electron chi connectivity index (χ0n) is 16.0. The molecule has 0 atom stereocenters. The van der Waals surface area contributed by atoms with Crippen LogP contribution in [-0.2, 0) is 9.59 Å². The molecule has 5 nitrogen and oxygen atoms in total. The Balaban J connectivity index is 1.62. The highest BCUT2D eigenvalue weighted by Crippen LogP contribution is 2.22. The number of hydrogen-bond acceptors (Lipinski definition) is 4. The highest BCUT2D eigenvalue weighted by molar-refractivity contribution is 7.99. The maximum absolute atomic E-state index is 12.1. The van der Waals surface area contributed by atoms with Gasteiger partial charge < -0.3 is 15.7 Å². The molecule has 150 valence electrons. The molecule has 3 N–H and O–H groups in total. The molecule has 0 aliphatic carbocycles. The van der Waals surface area contributed by atoms with Crippen LogP contribution in [-0.4, -0.2) is 41.6 Å². The van der Waals surface area contributed by atoms with Crippen molar-refractivity contribution in [3.05, 3.63) is 54.6 Å². The van der Waals surface area contributed by atoms with Crippen LogP contribution in [0, 0.1) is 0 Å². The molecular formula is C22H28N2O3S. The van der Waals surface area contributed by atoms with Crippen LogP contribution in [0.4, 0.5) is 5.69 Å². The maximum Gasteiger partial charge on any atom is 0.229 e. The lowest BCUT2D eigenvalue weighted by atomic mass is 10.1. The number of anilines is 1. The third-order valence-electron chi connectivity index (χ3n) is 4.13. The number of amides is 2. The first-order valence-electron chi connectivity index (χ1n) is 9.59. The molecule has 0 unspecified atom stereocenters. The Morgan fingerprint density at radius 2 is 1.68 bits per heavy atom. The van der Waals surface area contributed by atoms with Gasteiger partial charge in [0, 0.05) is 24.4 Å². The SMILES string of the molecule is O=C(CSCCO)NCCCCCC(=O)Nc1cccc(-c2ccccc2)c1. The summed E-state index contributed by atoms with van der Waals surface area (Å²) >= 11 is 1.42. The Morgan fingerprint density at radius 1 is 0.893 bits per heavy atom. The van der Waals surface area contributed by atoms with Crippen LogP contribution >= 0.6 is 11.8 Å². The van der Waals surface area contributed by atoms with E-state index in [1.54, 1.807) is 0 Å². The Bertz CT molecular complexity index is 738. The van der Waals surface area contributed by atoms with Crippen molar-refractivity contribution in [3.8, 4) is 11.1 Å². The Kier molecular flexibility index (Phi) is 10.2. The number of carbonyl (C=O) groups is 2. The van der Waals surface area contributed by atoms with Gasteiger partial charge in [-0.1, -0.05) is 48.9 Å². The van der Waals surface area contributed by atoms with Gasteiger partial charge in [0.2, 0.25) is 11.8 Å². The number of rotatable bonds is 12. The summed E-state index contributed by atoms with van der Waals surface area (Å²) in [4.78, 5) is 23.7. The van der Waals surface area contributed by atoms with Crippen molar-refractivity contribution in [2.24, 2.45) is 0 Å². The normalized spacial score (nSPS) is 10.5. The summed E-state index contributed by atoms with van der Waals surface area (Å²) in [6.07, 6.45) is 3.00. The zero-order valence-corrected chi connectivity index (χ0v) is 16.8. The summed E-state index contributed by atoms with van der Waals surface area (Å²) < 4.78 is 0. The van der Waals surface area contributed by atoms with Gasteiger partial charge in [-0.15, -0.1) is 11.8 Å². The summed E-state index contributed by atoms with van der Waals surface area (Å²) in [5.74, 6) is 0.964. The molecule has 2 aromatic rings. The molecule has 0 heterocycles. The van der Waals surface area contributed by atoms with E-state index in [0.29, 0.717) is 24.5 Å². The van der Waals surface area contributed by atoms with Gasteiger partial charge in [-0.2, -0.15) is 0 Å². The average Bonchev–Trinajstić information content (AvgIpc) is 2.71. The monoisotopic (exact) mass is 400 g/mol. The number of unbranched alkanes of at least 4 members (excludes halogenated alkanes) is 2. The van der Waals surface area contributed by atoms with E-state index in [1.165, 1.54) is 11.8 Å². The Labute approximate surface area is 170 Å². The molecule has 0 fully saturated rings. The molecular weight excluding hydrogens is 372 g/mol. The van der Waals surface area contributed by atoms with Crippen molar-refractivity contribution in [2.45, 2.75) is 25.7 Å². The van der Waals surface area contributed by atoms with Gasteiger partial charge in [-0.3, -0.25) is 9.59 Å². The minimum absolute atomic E-state index is 0.00510. The van der Waals surface area contributed by atoms with Gasteiger partial charge in [0.25, 0.3) is 0 Å². The van der Waals surface area contributed by atoms with E-state index in [9.17, 15) is 9.59 Å². The van der Waals surface area contributed by atoms with Crippen LogP contribution < -0.4 is 10.6 Å². The molecule has 2 rings (SSSR count). The second-order valence-corrected chi connectivity index (χ2v) is 7.54. The number of carbonyl (C=O) groups excluding carboxylic acids is 2. The lowest BCUT2D eigenvalue weighted by Gasteiger charge is -2.08. The summed E-state index contributed by atoms with van der Waals surface area (Å²) in [5.41, 5.74) is 3.00. The average molecular weight is 401 g/mol. The van der Waals surface area contributed by atoms with Gasteiger partial charge in [0.15, 0.2) is 0 Å². The molecule has 0 saturated carbocycles. The number of benzene rings is 2. The molecule has 2 amide bonds. The summed E-state index contributed by atoms with van der Waals surface area (Å²) in [6.45, 7) is 0.718. The number of nitrogens with one attached hydrogen (secondary N) is 2. The molecule has 0 aliphatic rings. The third-order valence-corrected chi connectivity index (χ3v) is 5.06. The Hall–Kier alpha value is -2.31. The molecule has 0 aliphatic heterocycles. The van der Waals surface area contributed by atoms with E-state index in [0.717, 1.165) is 36.1 Å². The lowest BCUT2D eigenvalue weighted by molar-refractivity contribution is -0.118. The molecule has 2 aromatic carbocycles. The van der Waals surface area contributed by atoms with E-state index >= 15 is 0 Å². The van der Waals surface area contributed by atoms with Crippen LogP contribution in [0.5, 0.6) is 0 Å². The predicted molar refractivity (Wildman–Crippen MR) is 116 cm³/mol. The maximum atomic E-state index is 12.1. The van der Waals surface area contributed by atoms with E-state index in [-0.39, 0.29) is 18.4 Å². The number of aliphatic hydroxyl groups is 1. The van der Waals surface area contributed by atoms with E-state index < -0.39 is 0 Å². The minimum Gasteiger partial charge on any atom is -0.396 e. The highest BCUT2D eigenvalue weighted by atomic mass is 32.2. The smallest absolute Gasteiger partial charge is 0.229 e. The second-order valence-electron chi connectivity index (χ2n) is 6.43. The molecule has 0 saturated heterocycles. The first-order valence-corrected chi connectivity index (χ1v) is 10.7. The third kappa shape index (κ3) is 8.59. The summed E-state index contributed by atoms with van der Waals surface area (Å²) in [5, 5.41) is 14.5. The van der Waals surface area contributed by atoms with Crippen LogP contribution in [0.1, 0.15) is 25.7 Å². The van der Waals surface area contributed by atoms with E-state index in [4.69, 9.17) is 5.11 Å². The van der Waals surface area contributed by atoms with Crippen LogP contribution in [0.3, 0.4) is 0 Å². The zero-order chi connectivity index (χ0) is 20.0. The topological polar surface area (TPSA) is 78.4 Å². The minimum atomic E-state index is -0.00510. The molecule has 6 heteroatoms. The number of thioether (sulfide) groups is 1. The van der Waals surface area contributed by atoms with E-state index in [1.807, 2.05) is 54.6 Å². The van der Waals surface area contributed by atoms with E-state index in [2.05, 4.69) is 10.6 Å². The standard InChI is InChI=1S/C22H28N2O3S/c25-14-15-28-17-22(27)23-13-6-2-5-12-21(26)24-20-11-7-10-19(16-20)18-8-3-1-4-9-18/h1,3-4,7-11,16,25H,2,5-6,12-15,17H2,(H,23,27)(H,24,26). The highest BCUT2D eigenvalue weighted by Gasteiger charge is 2.05. The quantitative estimate of drug-likeness (QED) is 0.475. The summed E-state index contributed by atoms with van der Waals surface area (Å²) in [7, 11) is 0. The number of aliphatic hydroxyl groups excluding tert-OH is 1. The fraction of sp³-hybridized carbons (Fsp3) is 0.364. The first kappa shape index (κ1) is 22.0. The predicted octanol–water partition coefficient (Wildman–Crippen LogP) is 3.69. The van der Waals surface area contributed by atoms with Crippen molar-refractivity contribution in [2.75, 3.05) is 30.0 Å².